The average molecular weight is 402 g/mol. The smallest absolute Gasteiger partial charge is 0.253 e. The van der Waals surface area contributed by atoms with Crippen LogP contribution in [0.2, 0.25) is 0 Å². The number of fused-ring (bicyclic) bond motifs is 1. The molecule has 154 valence electrons. The molecule has 5 nitrogen and oxygen atoms in total. The Bertz CT molecular complexity index is 1090. The van der Waals surface area contributed by atoms with E-state index in [-0.39, 0.29) is 11.8 Å². The molecule has 5 heteroatoms. The molecule has 0 aliphatic carbocycles. The third-order valence-electron chi connectivity index (χ3n) is 5.60. The van der Waals surface area contributed by atoms with E-state index in [4.69, 9.17) is 4.74 Å². The van der Waals surface area contributed by atoms with Gasteiger partial charge in [-0.1, -0.05) is 30.3 Å². The number of carbonyl (C=O) groups excluding carboxylic acids is 2. The molecule has 1 aliphatic heterocycles. The quantitative estimate of drug-likeness (QED) is 0.620. The van der Waals surface area contributed by atoms with Crippen LogP contribution in [0.4, 0.5) is 0 Å². The van der Waals surface area contributed by atoms with Crippen LogP contribution in [0.1, 0.15) is 34.3 Å². The van der Waals surface area contributed by atoms with E-state index in [1.807, 2.05) is 60.5 Å². The Morgan fingerprint density at radius 2 is 1.83 bits per heavy atom. The number of ether oxygens (including phenoxy) is 1. The molecular formula is C25H26N2O3. The second kappa shape index (κ2) is 8.57. The largest absolute Gasteiger partial charge is 0.497 e. The fraction of sp³-hybridized carbons (Fsp3) is 0.280. The predicted molar refractivity (Wildman–Crippen MR) is 117 cm³/mol. The fourth-order valence-electron chi connectivity index (χ4n) is 3.96. The lowest BCUT2D eigenvalue weighted by Crippen LogP contribution is -2.27. The summed E-state index contributed by atoms with van der Waals surface area (Å²) in [6, 6.07) is 19.8. The number of likely N-dealkylation sites (tertiary alicyclic amines) is 1. The van der Waals surface area contributed by atoms with Gasteiger partial charge in [0.25, 0.3) is 5.91 Å². The number of hydrogen-bond donors (Lipinski definition) is 0. The van der Waals surface area contributed by atoms with Crippen LogP contribution in [0.3, 0.4) is 0 Å². The maximum Gasteiger partial charge on any atom is 0.253 e. The van der Waals surface area contributed by atoms with Crippen LogP contribution in [0.25, 0.3) is 10.8 Å². The van der Waals surface area contributed by atoms with Gasteiger partial charge in [-0.2, -0.15) is 0 Å². The molecule has 0 atom stereocenters. The number of carbonyl (C=O) groups is 2. The van der Waals surface area contributed by atoms with Gasteiger partial charge < -0.3 is 14.5 Å². The minimum absolute atomic E-state index is 0.0283. The normalized spacial score (nSPS) is 13.7. The summed E-state index contributed by atoms with van der Waals surface area (Å²) in [6.45, 7) is 1.89. The van der Waals surface area contributed by atoms with Gasteiger partial charge in [0.2, 0.25) is 5.91 Å². The van der Waals surface area contributed by atoms with Crippen molar-refractivity contribution in [1.82, 2.24) is 9.80 Å². The molecule has 3 aromatic carbocycles. The van der Waals surface area contributed by atoms with Gasteiger partial charge in [-0.15, -0.1) is 0 Å². The van der Waals surface area contributed by atoms with Gasteiger partial charge in [-0.3, -0.25) is 9.59 Å². The number of amides is 2. The number of hydrogen-bond acceptors (Lipinski definition) is 3. The van der Waals surface area contributed by atoms with E-state index < -0.39 is 0 Å². The molecule has 0 aromatic heterocycles. The molecule has 0 saturated carbocycles. The third-order valence-corrected chi connectivity index (χ3v) is 5.60. The van der Waals surface area contributed by atoms with Crippen molar-refractivity contribution >= 4 is 22.6 Å². The Morgan fingerprint density at radius 1 is 1.03 bits per heavy atom. The third kappa shape index (κ3) is 4.30. The van der Waals surface area contributed by atoms with Gasteiger partial charge in [0.15, 0.2) is 0 Å². The first kappa shape index (κ1) is 20.0. The van der Waals surface area contributed by atoms with Crippen LogP contribution < -0.4 is 4.74 Å². The Morgan fingerprint density at radius 3 is 2.60 bits per heavy atom. The minimum atomic E-state index is -0.0283. The van der Waals surface area contributed by atoms with Crippen molar-refractivity contribution in [2.75, 3.05) is 20.7 Å². The second-order valence-corrected chi connectivity index (χ2v) is 7.83. The monoisotopic (exact) mass is 402 g/mol. The Hall–Kier alpha value is -3.34. The average Bonchev–Trinajstić information content (AvgIpc) is 3.17. The van der Waals surface area contributed by atoms with Crippen molar-refractivity contribution in [2.24, 2.45) is 0 Å². The van der Waals surface area contributed by atoms with E-state index >= 15 is 0 Å². The molecule has 30 heavy (non-hydrogen) atoms. The summed E-state index contributed by atoms with van der Waals surface area (Å²) in [4.78, 5) is 28.4. The van der Waals surface area contributed by atoms with Crippen molar-refractivity contribution in [3.8, 4) is 5.75 Å². The summed E-state index contributed by atoms with van der Waals surface area (Å²) in [7, 11) is 3.48. The summed E-state index contributed by atoms with van der Waals surface area (Å²) < 4.78 is 5.28. The van der Waals surface area contributed by atoms with Crippen LogP contribution >= 0.6 is 0 Å². The van der Waals surface area contributed by atoms with Crippen LogP contribution in [-0.4, -0.2) is 42.3 Å². The maximum atomic E-state index is 13.0. The number of nitrogens with zero attached hydrogens (tertiary/aromatic N) is 2. The Kier molecular flexibility index (Phi) is 5.70. The standard InChI is InChI=1S/C25H26N2O3/c1-26(16-19-8-9-21-15-23(30-2)11-10-20(21)13-19)25(29)22-6-3-5-18(14-22)17-27-12-4-7-24(27)28/h3,5-6,8-11,13-15H,4,7,12,16-17H2,1-2H3. The van der Waals surface area contributed by atoms with Crippen LogP contribution in [0, 0.1) is 0 Å². The van der Waals surface area contributed by atoms with Crippen LogP contribution in [0.15, 0.2) is 60.7 Å². The highest BCUT2D eigenvalue weighted by Crippen LogP contribution is 2.23. The summed E-state index contributed by atoms with van der Waals surface area (Å²) in [6.07, 6.45) is 1.54. The van der Waals surface area contributed by atoms with E-state index in [1.54, 1.807) is 12.0 Å². The van der Waals surface area contributed by atoms with Crippen molar-refractivity contribution in [1.29, 1.82) is 0 Å². The van der Waals surface area contributed by atoms with Gasteiger partial charge in [-0.05, 0) is 58.7 Å². The van der Waals surface area contributed by atoms with Gasteiger partial charge in [0.1, 0.15) is 5.75 Å². The number of benzene rings is 3. The lowest BCUT2D eigenvalue weighted by molar-refractivity contribution is -0.128. The molecule has 4 rings (SSSR count). The predicted octanol–water partition coefficient (Wildman–Crippen LogP) is 4.24. The summed E-state index contributed by atoms with van der Waals surface area (Å²) in [5.74, 6) is 0.996. The Labute approximate surface area is 176 Å². The molecule has 0 unspecified atom stereocenters. The molecule has 1 fully saturated rings. The van der Waals surface area contributed by atoms with Gasteiger partial charge in [-0.25, -0.2) is 0 Å². The summed E-state index contributed by atoms with van der Waals surface area (Å²) in [5.41, 5.74) is 2.71. The first-order chi connectivity index (χ1) is 14.5. The van der Waals surface area contributed by atoms with Crippen molar-refractivity contribution < 1.29 is 14.3 Å². The van der Waals surface area contributed by atoms with E-state index in [1.165, 1.54) is 0 Å². The second-order valence-electron chi connectivity index (χ2n) is 7.83. The van der Waals surface area contributed by atoms with Crippen molar-refractivity contribution in [3.05, 3.63) is 77.4 Å². The van der Waals surface area contributed by atoms with Crippen LogP contribution in [0.5, 0.6) is 5.75 Å². The van der Waals surface area contributed by atoms with Gasteiger partial charge >= 0.3 is 0 Å². The molecule has 0 radical (unpaired) electrons. The molecular weight excluding hydrogens is 376 g/mol. The number of rotatable bonds is 6. The SMILES string of the molecule is COc1ccc2cc(CN(C)C(=O)c3cccc(CN4CCCC4=O)c3)ccc2c1. The van der Waals surface area contributed by atoms with Crippen LogP contribution in [-0.2, 0) is 17.9 Å². The highest BCUT2D eigenvalue weighted by atomic mass is 16.5. The summed E-state index contributed by atoms with van der Waals surface area (Å²) >= 11 is 0. The molecule has 1 heterocycles. The zero-order valence-electron chi connectivity index (χ0n) is 17.4. The summed E-state index contributed by atoms with van der Waals surface area (Å²) in [5, 5.41) is 2.22. The lowest BCUT2D eigenvalue weighted by Gasteiger charge is -2.19. The highest BCUT2D eigenvalue weighted by molar-refractivity contribution is 5.94. The molecule has 3 aromatic rings. The Balaban J connectivity index is 1.46. The first-order valence-electron chi connectivity index (χ1n) is 10.2. The molecule has 1 saturated heterocycles. The molecule has 2 amide bonds. The van der Waals surface area contributed by atoms with E-state index in [0.29, 0.717) is 25.1 Å². The molecule has 1 aliphatic rings. The topological polar surface area (TPSA) is 49.9 Å². The highest BCUT2D eigenvalue weighted by Gasteiger charge is 2.20. The van der Waals surface area contributed by atoms with Crippen molar-refractivity contribution in [2.45, 2.75) is 25.9 Å². The number of methoxy groups -OCH3 is 1. The van der Waals surface area contributed by atoms with Gasteiger partial charge in [0.05, 0.1) is 7.11 Å². The molecule has 0 bridgehead atoms. The first-order valence-corrected chi connectivity index (χ1v) is 10.2. The maximum absolute atomic E-state index is 13.0. The van der Waals surface area contributed by atoms with Crippen molar-refractivity contribution in [3.63, 3.8) is 0 Å². The molecule has 0 spiro atoms. The van der Waals surface area contributed by atoms with E-state index in [9.17, 15) is 9.59 Å². The minimum Gasteiger partial charge on any atom is -0.497 e. The zero-order valence-corrected chi connectivity index (χ0v) is 17.4. The van der Waals surface area contributed by atoms with E-state index in [0.717, 1.165) is 40.6 Å². The fourth-order valence-corrected chi connectivity index (χ4v) is 3.96. The lowest BCUT2D eigenvalue weighted by atomic mass is 10.1. The zero-order chi connectivity index (χ0) is 21.1. The van der Waals surface area contributed by atoms with E-state index in [2.05, 4.69) is 12.1 Å². The van der Waals surface area contributed by atoms with Gasteiger partial charge in [0, 0.05) is 38.7 Å². The molecule has 0 N–H and O–H groups in total.